The first-order valence-corrected chi connectivity index (χ1v) is 6.18. The molecule has 106 valence electrons. The summed E-state index contributed by atoms with van der Waals surface area (Å²) in [6.45, 7) is 3.92. The average molecular weight is 275 g/mol. The van der Waals surface area contributed by atoms with Crippen LogP contribution < -0.4 is 10.2 Å². The SMILES string of the molecule is Cc1cc(CNC(=O)c2cnoc2C)nc(N(C)C)n1. The predicted octanol–water partition coefficient (Wildman–Crippen LogP) is 1.08. The molecule has 0 atom stereocenters. The molecule has 0 spiro atoms. The quantitative estimate of drug-likeness (QED) is 0.898. The summed E-state index contributed by atoms with van der Waals surface area (Å²) in [7, 11) is 3.75. The fourth-order valence-electron chi connectivity index (χ4n) is 1.69. The van der Waals surface area contributed by atoms with Crippen LogP contribution in [0, 0.1) is 13.8 Å². The Morgan fingerprint density at radius 2 is 2.10 bits per heavy atom. The van der Waals surface area contributed by atoms with E-state index < -0.39 is 0 Å². The molecule has 7 nitrogen and oxygen atoms in total. The predicted molar refractivity (Wildman–Crippen MR) is 73.5 cm³/mol. The highest BCUT2D eigenvalue weighted by molar-refractivity contribution is 5.94. The summed E-state index contributed by atoms with van der Waals surface area (Å²) in [5.74, 6) is 0.886. The fraction of sp³-hybridized carbons (Fsp3) is 0.385. The van der Waals surface area contributed by atoms with Gasteiger partial charge in [-0.3, -0.25) is 4.79 Å². The monoisotopic (exact) mass is 275 g/mol. The molecule has 0 saturated heterocycles. The lowest BCUT2D eigenvalue weighted by Crippen LogP contribution is -2.24. The number of rotatable bonds is 4. The van der Waals surface area contributed by atoms with Crippen LogP contribution in [0.5, 0.6) is 0 Å². The van der Waals surface area contributed by atoms with E-state index in [9.17, 15) is 4.79 Å². The van der Waals surface area contributed by atoms with Gasteiger partial charge in [0.25, 0.3) is 5.91 Å². The Kier molecular flexibility index (Phi) is 3.97. The lowest BCUT2D eigenvalue weighted by molar-refractivity contribution is 0.0949. The van der Waals surface area contributed by atoms with Crippen molar-refractivity contribution in [2.45, 2.75) is 20.4 Å². The number of amides is 1. The van der Waals surface area contributed by atoms with E-state index in [0.29, 0.717) is 23.8 Å². The van der Waals surface area contributed by atoms with Crippen LogP contribution in [0.25, 0.3) is 0 Å². The molecular formula is C13H17N5O2. The minimum atomic E-state index is -0.230. The van der Waals surface area contributed by atoms with Crippen molar-refractivity contribution in [3.8, 4) is 0 Å². The molecule has 0 aliphatic rings. The second-order valence-electron chi connectivity index (χ2n) is 4.67. The highest BCUT2D eigenvalue weighted by Gasteiger charge is 2.13. The Morgan fingerprint density at radius 1 is 1.35 bits per heavy atom. The van der Waals surface area contributed by atoms with Crippen LogP contribution in [0.2, 0.25) is 0 Å². The van der Waals surface area contributed by atoms with Crippen LogP contribution in [0.1, 0.15) is 27.5 Å². The lowest BCUT2D eigenvalue weighted by Gasteiger charge is -2.12. The van der Waals surface area contributed by atoms with Crippen LogP contribution >= 0.6 is 0 Å². The lowest BCUT2D eigenvalue weighted by atomic mass is 10.2. The third-order valence-electron chi connectivity index (χ3n) is 2.72. The second-order valence-corrected chi connectivity index (χ2v) is 4.67. The molecule has 0 aliphatic heterocycles. The smallest absolute Gasteiger partial charge is 0.256 e. The zero-order chi connectivity index (χ0) is 14.7. The van der Waals surface area contributed by atoms with Gasteiger partial charge in [-0.1, -0.05) is 5.16 Å². The molecule has 2 aromatic rings. The van der Waals surface area contributed by atoms with Gasteiger partial charge in [-0.05, 0) is 19.9 Å². The Hall–Kier alpha value is -2.44. The van der Waals surface area contributed by atoms with Crippen molar-refractivity contribution < 1.29 is 9.32 Å². The molecule has 0 unspecified atom stereocenters. The zero-order valence-electron chi connectivity index (χ0n) is 12.0. The van der Waals surface area contributed by atoms with Gasteiger partial charge in [-0.15, -0.1) is 0 Å². The topological polar surface area (TPSA) is 84.2 Å². The summed E-state index contributed by atoms with van der Waals surface area (Å²) in [5, 5.41) is 6.37. The number of hydrogen-bond donors (Lipinski definition) is 1. The molecule has 1 amide bonds. The third-order valence-corrected chi connectivity index (χ3v) is 2.72. The highest BCUT2D eigenvalue weighted by Crippen LogP contribution is 2.09. The van der Waals surface area contributed by atoms with E-state index in [4.69, 9.17) is 4.52 Å². The van der Waals surface area contributed by atoms with Crippen LogP contribution in [-0.2, 0) is 6.54 Å². The van der Waals surface area contributed by atoms with Crippen molar-refractivity contribution in [2.75, 3.05) is 19.0 Å². The molecule has 7 heteroatoms. The molecule has 0 bridgehead atoms. The number of carbonyl (C=O) groups is 1. The molecule has 0 saturated carbocycles. The number of nitrogens with zero attached hydrogens (tertiary/aromatic N) is 4. The normalized spacial score (nSPS) is 10.4. The first-order chi connectivity index (χ1) is 9.47. The van der Waals surface area contributed by atoms with E-state index in [1.54, 1.807) is 6.92 Å². The Labute approximate surface area is 117 Å². The molecule has 20 heavy (non-hydrogen) atoms. The Balaban J connectivity index is 2.08. The van der Waals surface area contributed by atoms with E-state index in [-0.39, 0.29) is 5.91 Å². The maximum atomic E-state index is 11.9. The Bertz CT molecular complexity index is 621. The van der Waals surface area contributed by atoms with Crippen molar-refractivity contribution >= 4 is 11.9 Å². The maximum Gasteiger partial charge on any atom is 0.256 e. The summed E-state index contributed by atoms with van der Waals surface area (Å²) < 4.78 is 4.86. The maximum absolute atomic E-state index is 11.9. The number of hydrogen-bond acceptors (Lipinski definition) is 6. The summed E-state index contributed by atoms with van der Waals surface area (Å²) >= 11 is 0. The second kappa shape index (κ2) is 5.68. The van der Waals surface area contributed by atoms with E-state index in [2.05, 4.69) is 20.4 Å². The number of nitrogens with one attached hydrogen (secondary N) is 1. The molecule has 0 aromatic carbocycles. The number of aromatic nitrogens is 3. The highest BCUT2D eigenvalue weighted by atomic mass is 16.5. The van der Waals surface area contributed by atoms with E-state index in [0.717, 1.165) is 11.4 Å². The summed E-state index contributed by atoms with van der Waals surface area (Å²) in [5.41, 5.74) is 2.04. The summed E-state index contributed by atoms with van der Waals surface area (Å²) in [6.07, 6.45) is 1.40. The van der Waals surface area contributed by atoms with Gasteiger partial charge >= 0.3 is 0 Å². The van der Waals surface area contributed by atoms with Gasteiger partial charge in [0.2, 0.25) is 5.95 Å². The first kappa shape index (κ1) is 14.0. The van der Waals surface area contributed by atoms with Gasteiger partial charge in [0, 0.05) is 19.8 Å². The number of carbonyl (C=O) groups excluding carboxylic acids is 1. The van der Waals surface area contributed by atoms with Gasteiger partial charge in [0.15, 0.2) is 0 Å². The van der Waals surface area contributed by atoms with Crippen LogP contribution in [0.4, 0.5) is 5.95 Å². The molecule has 0 aliphatic carbocycles. The van der Waals surface area contributed by atoms with E-state index in [1.807, 2.05) is 32.0 Å². The average Bonchev–Trinajstić information content (AvgIpc) is 2.81. The van der Waals surface area contributed by atoms with Crippen molar-refractivity contribution in [3.63, 3.8) is 0 Å². The van der Waals surface area contributed by atoms with Crippen molar-refractivity contribution in [3.05, 3.63) is 35.0 Å². The largest absolute Gasteiger partial charge is 0.361 e. The molecule has 2 heterocycles. The summed E-state index contributed by atoms with van der Waals surface area (Å²) in [4.78, 5) is 22.4. The van der Waals surface area contributed by atoms with Gasteiger partial charge < -0.3 is 14.7 Å². The van der Waals surface area contributed by atoms with Crippen molar-refractivity contribution in [1.29, 1.82) is 0 Å². The van der Waals surface area contributed by atoms with E-state index >= 15 is 0 Å². The standard InChI is InChI=1S/C13H17N5O2/c1-8-5-10(17-13(16-8)18(3)4)6-14-12(19)11-7-15-20-9(11)2/h5,7H,6H2,1-4H3,(H,14,19). The van der Waals surface area contributed by atoms with Crippen LogP contribution in [0.15, 0.2) is 16.8 Å². The molecule has 0 radical (unpaired) electrons. The Morgan fingerprint density at radius 3 is 2.70 bits per heavy atom. The van der Waals surface area contributed by atoms with Crippen molar-refractivity contribution in [2.24, 2.45) is 0 Å². The van der Waals surface area contributed by atoms with Gasteiger partial charge in [0.05, 0.1) is 18.4 Å². The zero-order valence-corrected chi connectivity index (χ0v) is 12.0. The molecule has 1 N–H and O–H groups in total. The van der Waals surface area contributed by atoms with Crippen molar-refractivity contribution in [1.82, 2.24) is 20.4 Å². The van der Waals surface area contributed by atoms with Gasteiger partial charge in [-0.2, -0.15) is 0 Å². The summed E-state index contributed by atoms with van der Waals surface area (Å²) in [6, 6.07) is 1.84. The molecule has 2 rings (SSSR count). The minimum Gasteiger partial charge on any atom is -0.361 e. The van der Waals surface area contributed by atoms with E-state index in [1.165, 1.54) is 6.20 Å². The van der Waals surface area contributed by atoms with Crippen LogP contribution in [-0.4, -0.2) is 35.1 Å². The third kappa shape index (κ3) is 3.11. The number of aryl methyl sites for hydroxylation is 2. The van der Waals surface area contributed by atoms with Crippen LogP contribution in [0.3, 0.4) is 0 Å². The molecular weight excluding hydrogens is 258 g/mol. The van der Waals surface area contributed by atoms with Gasteiger partial charge in [-0.25, -0.2) is 9.97 Å². The van der Waals surface area contributed by atoms with Gasteiger partial charge in [0.1, 0.15) is 11.3 Å². The first-order valence-electron chi connectivity index (χ1n) is 6.18. The minimum absolute atomic E-state index is 0.230. The molecule has 2 aromatic heterocycles. The number of anilines is 1. The fourth-order valence-corrected chi connectivity index (χ4v) is 1.69. The molecule has 0 fully saturated rings.